The molecule has 1 saturated heterocycles. The van der Waals surface area contributed by atoms with E-state index in [1.54, 1.807) is 24.4 Å². The number of non-ortho nitro benzene ring substituents is 1. The molecule has 142 valence electrons. The molecule has 2 aromatic carbocycles. The standard InChI is InChI=1S/C21H20N4O3/c1-14-4-6-15(7-5-14)13-24-12-10-18(21(24)26)23-17-8-9-19(25(27)28)16-3-2-11-22-20(16)17/h2-9,11,18,23H,10,12-13H2,1H3. The lowest BCUT2D eigenvalue weighted by molar-refractivity contribution is -0.383. The summed E-state index contributed by atoms with van der Waals surface area (Å²) in [5, 5.41) is 15.0. The number of nitrogens with zero attached hydrogens (tertiary/aromatic N) is 3. The van der Waals surface area contributed by atoms with E-state index in [0.717, 1.165) is 5.56 Å². The minimum Gasteiger partial charge on any atom is -0.372 e. The third-order valence-electron chi connectivity index (χ3n) is 5.06. The second kappa shape index (κ2) is 7.26. The summed E-state index contributed by atoms with van der Waals surface area (Å²) in [7, 11) is 0. The molecular formula is C21H20N4O3. The lowest BCUT2D eigenvalue weighted by atomic mass is 10.1. The van der Waals surface area contributed by atoms with Crippen molar-refractivity contribution in [1.82, 2.24) is 9.88 Å². The van der Waals surface area contributed by atoms with Gasteiger partial charge in [-0.25, -0.2) is 0 Å². The van der Waals surface area contributed by atoms with Crippen molar-refractivity contribution < 1.29 is 9.72 Å². The van der Waals surface area contributed by atoms with Crippen molar-refractivity contribution in [2.75, 3.05) is 11.9 Å². The molecule has 0 aliphatic carbocycles. The zero-order valence-corrected chi connectivity index (χ0v) is 15.5. The normalized spacial score (nSPS) is 16.5. The Morgan fingerprint density at radius 3 is 2.75 bits per heavy atom. The van der Waals surface area contributed by atoms with Gasteiger partial charge in [0.15, 0.2) is 0 Å². The number of rotatable bonds is 5. The number of pyridine rings is 1. The van der Waals surface area contributed by atoms with E-state index in [2.05, 4.69) is 10.3 Å². The van der Waals surface area contributed by atoms with Crippen molar-refractivity contribution in [1.29, 1.82) is 0 Å². The molecule has 1 amide bonds. The summed E-state index contributed by atoms with van der Waals surface area (Å²) in [6.45, 7) is 3.28. The summed E-state index contributed by atoms with van der Waals surface area (Å²) < 4.78 is 0. The first-order valence-corrected chi connectivity index (χ1v) is 9.16. The molecule has 1 aliphatic rings. The smallest absolute Gasteiger partial charge is 0.278 e. The molecule has 1 aromatic heterocycles. The molecule has 1 N–H and O–H groups in total. The number of hydrogen-bond acceptors (Lipinski definition) is 5. The van der Waals surface area contributed by atoms with Gasteiger partial charge in [0.25, 0.3) is 5.69 Å². The largest absolute Gasteiger partial charge is 0.372 e. The van der Waals surface area contributed by atoms with Gasteiger partial charge in [-0.2, -0.15) is 0 Å². The molecule has 28 heavy (non-hydrogen) atoms. The van der Waals surface area contributed by atoms with Crippen molar-refractivity contribution in [2.45, 2.75) is 25.9 Å². The fourth-order valence-electron chi connectivity index (χ4n) is 3.56. The number of nitro benzene ring substituents is 1. The van der Waals surface area contributed by atoms with Crippen molar-refractivity contribution in [2.24, 2.45) is 0 Å². The summed E-state index contributed by atoms with van der Waals surface area (Å²) in [5.74, 6) is 0.0306. The number of aromatic nitrogens is 1. The average Bonchev–Trinajstić information content (AvgIpc) is 3.03. The van der Waals surface area contributed by atoms with Gasteiger partial charge < -0.3 is 10.2 Å². The predicted molar refractivity (Wildman–Crippen MR) is 107 cm³/mol. The van der Waals surface area contributed by atoms with E-state index in [9.17, 15) is 14.9 Å². The van der Waals surface area contributed by atoms with E-state index in [0.29, 0.717) is 36.1 Å². The molecule has 0 saturated carbocycles. The molecule has 1 atom stereocenters. The zero-order valence-electron chi connectivity index (χ0n) is 15.5. The number of nitrogens with one attached hydrogen (secondary N) is 1. The fraction of sp³-hybridized carbons (Fsp3) is 0.238. The molecule has 7 heteroatoms. The van der Waals surface area contributed by atoms with Crippen LogP contribution in [0.2, 0.25) is 0 Å². The highest BCUT2D eigenvalue weighted by Crippen LogP contribution is 2.31. The van der Waals surface area contributed by atoms with Crippen LogP contribution in [0.3, 0.4) is 0 Å². The number of amides is 1. The SMILES string of the molecule is Cc1ccc(CN2CCC(Nc3ccc([N+](=O)[O-])c4cccnc34)C2=O)cc1. The van der Waals surface area contributed by atoms with Gasteiger partial charge in [0, 0.05) is 25.4 Å². The van der Waals surface area contributed by atoms with Gasteiger partial charge in [0.1, 0.15) is 11.6 Å². The first-order valence-electron chi connectivity index (χ1n) is 9.16. The molecule has 1 fully saturated rings. The van der Waals surface area contributed by atoms with Crippen LogP contribution in [0, 0.1) is 17.0 Å². The summed E-state index contributed by atoms with van der Waals surface area (Å²) in [5.41, 5.74) is 3.43. The Kier molecular flexibility index (Phi) is 4.65. The highest BCUT2D eigenvalue weighted by Gasteiger charge is 2.32. The Balaban J connectivity index is 1.54. The quantitative estimate of drug-likeness (QED) is 0.542. The number of fused-ring (bicyclic) bond motifs is 1. The second-order valence-electron chi connectivity index (χ2n) is 7.02. The maximum atomic E-state index is 12.8. The fourth-order valence-corrected chi connectivity index (χ4v) is 3.56. The van der Waals surface area contributed by atoms with E-state index in [4.69, 9.17) is 0 Å². The molecule has 4 rings (SSSR count). The first-order chi connectivity index (χ1) is 13.5. The monoisotopic (exact) mass is 376 g/mol. The van der Waals surface area contributed by atoms with Crippen LogP contribution in [0.1, 0.15) is 17.5 Å². The van der Waals surface area contributed by atoms with Crippen LogP contribution in [0.4, 0.5) is 11.4 Å². The molecule has 1 unspecified atom stereocenters. The summed E-state index contributed by atoms with van der Waals surface area (Å²) in [6.07, 6.45) is 2.27. The molecule has 0 radical (unpaired) electrons. The maximum absolute atomic E-state index is 12.8. The maximum Gasteiger partial charge on any atom is 0.278 e. The number of likely N-dealkylation sites (tertiary alicyclic amines) is 1. The molecule has 2 heterocycles. The number of benzene rings is 2. The van der Waals surface area contributed by atoms with Crippen molar-refractivity contribution >= 4 is 28.2 Å². The molecular weight excluding hydrogens is 356 g/mol. The van der Waals surface area contributed by atoms with Crippen LogP contribution >= 0.6 is 0 Å². The van der Waals surface area contributed by atoms with Gasteiger partial charge in [0.2, 0.25) is 5.91 Å². The number of nitro groups is 1. The van der Waals surface area contributed by atoms with Crippen LogP contribution < -0.4 is 5.32 Å². The Hall–Kier alpha value is -3.48. The highest BCUT2D eigenvalue weighted by molar-refractivity contribution is 5.98. The van der Waals surface area contributed by atoms with Gasteiger partial charge in [-0.1, -0.05) is 29.8 Å². The van der Waals surface area contributed by atoms with E-state index < -0.39 is 4.92 Å². The van der Waals surface area contributed by atoms with Gasteiger partial charge in [0.05, 0.1) is 16.0 Å². The van der Waals surface area contributed by atoms with Crippen LogP contribution in [-0.2, 0) is 11.3 Å². The van der Waals surface area contributed by atoms with E-state index in [1.807, 2.05) is 36.1 Å². The number of carbonyl (C=O) groups is 1. The minimum absolute atomic E-state index is 0.00685. The number of anilines is 1. The van der Waals surface area contributed by atoms with Gasteiger partial charge >= 0.3 is 0 Å². The van der Waals surface area contributed by atoms with Gasteiger partial charge in [-0.05, 0) is 37.1 Å². The summed E-state index contributed by atoms with van der Waals surface area (Å²) in [6, 6.07) is 14.2. The Morgan fingerprint density at radius 2 is 2.00 bits per heavy atom. The molecule has 0 spiro atoms. The second-order valence-corrected chi connectivity index (χ2v) is 7.02. The van der Waals surface area contributed by atoms with Gasteiger partial charge in [-0.3, -0.25) is 19.9 Å². The molecule has 0 bridgehead atoms. The molecule has 7 nitrogen and oxygen atoms in total. The Labute approximate surface area is 162 Å². The lowest BCUT2D eigenvalue weighted by Crippen LogP contribution is -2.33. The Morgan fingerprint density at radius 1 is 1.21 bits per heavy atom. The first kappa shape index (κ1) is 17.9. The molecule has 1 aliphatic heterocycles. The Bertz CT molecular complexity index is 1050. The van der Waals surface area contributed by atoms with Crippen LogP contribution in [0.5, 0.6) is 0 Å². The number of carbonyl (C=O) groups excluding carboxylic acids is 1. The zero-order chi connectivity index (χ0) is 19.7. The third kappa shape index (κ3) is 3.38. The van der Waals surface area contributed by atoms with Crippen LogP contribution in [0.25, 0.3) is 10.9 Å². The van der Waals surface area contributed by atoms with Crippen molar-refractivity contribution in [3.63, 3.8) is 0 Å². The van der Waals surface area contributed by atoms with E-state index in [1.165, 1.54) is 11.6 Å². The van der Waals surface area contributed by atoms with Crippen LogP contribution in [0.15, 0.2) is 54.7 Å². The number of hydrogen-bond donors (Lipinski definition) is 1. The average molecular weight is 376 g/mol. The van der Waals surface area contributed by atoms with E-state index >= 15 is 0 Å². The number of aryl methyl sites for hydroxylation is 1. The third-order valence-corrected chi connectivity index (χ3v) is 5.06. The van der Waals surface area contributed by atoms with Crippen molar-refractivity contribution in [3.05, 3.63) is 76.0 Å². The summed E-state index contributed by atoms with van der Waals surface area (Å²) in [4.78, 5) is 29.8. The minimum atomic E-state index is -0.419. The highest BCUT2D eigenvalue weighted by atomic mass is 16.6. The summed E-state index contributed by atoms with van der Waals surface area (Å²) >= 11 is 0. The topological polar surface area (TPSA) is 88.4 Å². The van der Waals surface area contributed by atoms with Crippen molar-refractivity contribution in [3.8, 4) is 0 Å². The van der Waals surface area contributed by atoms with E-state index in [-0.39, 0.29) is 17.6 Å². The molecule has 3 aromatic rings. The van der Waals surface area contributed by atoms with Crippen LogP contribution in [-0.4, -0.2) is 33.3 Å². The van der Waals surface area contributed by atoms with Gasteiger partial charge in [-0.15, -0.1) is 0 Å². The lowest BCUT2D eigenvalue weighted by Gasteiger charge is -2.18. The predicted octanol–water partition coefficient (Wildman–Crippen LogP) is 3.66.